The summed E-state index contributed by atoms with van der Waals surface area (Å²) in [6, 6.07) is 58.6. The molecule has 7 aromatic carbocycles. The van der Waals surface area contributed by atoms with E-state index < -0.39 is 0 Å². The first-order chi connectivity index (χ1) is 27.5. The van der Waals surface area contributed by atoms with E-state index in [1.54, 1.807) is 0 Å². The van der Waals surface area contributed by atoms with Crippen LogP contribution in [0, 0.1) is 0 Å². The first kappa shape index (κ1) is 31.6. The van der Waals surface area contributed by atoms with Gasteiger partial charge < -0.3 is 0 Å². The van der Waals surface area contributed by atoms with Crippen molar-refractivity contribution in [3.05, 3.63) is 175 Å². The SMILES string of the molecule is CC1(C)c2ccccc2-c2ccc(-c3nc(-c4ccccc4)nc(-c4ccc5c6c7cccc8c7n(c6n(-c6ccccc6)c5c4)-c4ccccc4S8)n3)cc21. The Kier molecular flexibility index (Phi) is 6.55. The van der Waals surface area contributed by atoms with Gasteiger partial charge in [-0.1, -0.05) is 147 Å². The van der Waals surface area contributed by atoms with Crippen LogP contribution in [0.15, 0.2) is 174 Å². The molecule has 0 bridgehead atoms. The molecule has 0 spiro atoms. The highest BCUT2D eigenvalue weighted by Gasteiger charge is 2.35. The second kappa shape index (κ2) is 11.6. The molecule has 264 valence electrons. The molecule has 56 heavy (non-hydrogen) atoms. The molecule has 1 aliphatic heterocycles. The van der Waals surface area contributed by atoms with Crippen LogP contribution < -0.4 is 0 Å². The van der Waals surface area contributed by atoms with Gasteiger partial charge in [-0.3, -0.25) is 9.13 Å². The summed E-state index contributed by atoms with van der Waals surface area (Å²) in [5.41, 5.74) is 13.8. The molecule has 10 aromatic rings. The molecule has 0 N–H and O–H groups in total. The molecule has 0 saturated carbocycles. The lowest BCUT2D eigenvalue weighted by Crippen LogP contribution is -2.15. The molecule has 0 radical (unpaired) electrons. The smallest absolute Gasteiger partial charge is 0.164 e. The van der Waals surface area contributed by atoms with Crippen LogP contribution in [0.1, 0.15) is 25.0 Å². The molecule has 2 aliphatic rings. The molecule has 0 unspecified atom stereocenters. The summed E-state index contributed by atoms with van der Waals surface area (Å²) in [6.45, 7) is 4.62. The number of aromatic nitrogens is 5. The van der Waals surface area contributed by atoms with Gasteiger partial charge in [0.2, 0.25) is 0 Å². The van der Waals surface area contributed by atoms with Crippen LogP contribution in [0.4, 0.5) is 0 Å². The molecule has 0 saturated heterocycles. The second-order valence-electron chi connectivity index (χ2n) is 15.3. The van der Waals surface area contributed by atoms with Gasteiger partial charge in [-0.05, 0) is 64.7 Å². The minimum atomic E-state index is -0.138. The Labute approximate surface area is 328 Å². The van der Waals surface area contributed by atoms with Gasteiger partial charge in [0.25, 0.3) is 0 Å². The van der Waals surface area contributed by atoms with Gasteiger partial charge in [0.15, 0.2) is 17.5 Å². The van der Waals surface area contributed by atoms with Gasteiger partial charge in [-0.25, -0.2) is 15.0 Å². The summed E-state index contributed by atoms with van der Waals surface area (Å²) >= 11 is 1.85. The van der Waals surface area contributed by atoms with E-state index in [0.717, 1.165) is 33.5 Å². The van der Waals surface area contributed by atoms with Crippen molar-refractivity contribution in [3.63, 3.8) is 0 Å². The lowest BCUT2D eigenvalue weighted by molar-refractivity contribution is 0.660. The first-order valence-corrected chi connectivity index (χ1v) is 19.9. The van der Waals surface area contributed by atoms with Crippen molar-refractivity contribution in [3.8, 4) is 56.7 Å². The zero-order valence-corrected chi connectivity index (χ0v) is 31.5. The number of fused-ring (bicyclic) bond motifs is 10. The Balaban J connectivity index is 1.11. The molecule has 1 aliphatic carbocycles. The Morgan fingerprint density at radius 1 is 0.482 bits per heavy atom. The van der Waals surface area contributed by atoms with Gasteiger partial charge in [-0.15, -0.1) is 0 Å². The van der Waals surface area contributed by atoms with Gasteiger partial charge in [-0.2, -0.15) is 0 Å². The van der Waals surface area contributed by atoms with Crippen LogP contribution in [-0.4, -0.2) is 24.1 Å². The number of nitrogens with zero attached hydrogens (tertiary/aromatic N) is 5. The number of benzene rings is 7. The fraction of sp³-hybridized carbons (Fsp3) is 0.0600. The van der Waals surface area contributed by atoms with Crippen molar-refractivity contribution in [1.29, 1.82) is 0 Å². The van der Waals surface area contributed by atoms with E-state index in [2.05, 4.69) is 169 Å². The van der Waals surface area contributed by atoms with E-state index in [1.165, 1.54) is 59.4 Å². The minimum Gasteiger partial charge on any atom is -0.295 e. The standard InChI is InChI=1S/C50H33N5S/c1-50(2)38-20-10-9-18-34(38)35-26-24-31(28-39(35)50)47-51-46(30-14-5-3-6-15-30)52-48(53-47)32-25-27-36-41(29-32)54(33-16-7-4-8-17-33)49-44(36)37-19-13-23-43-45(37)55(49)40-21-11-12-22-42(40)56-43/h3-29H,1-2H3. The van der Waals surface area contributed by atoms with Crippen molar-refractivity contribution in [2.45, 2.75) is 29.1 Å². The van der Waals surface area contributed by atoms with Crippen molar-refractivity contribution >= 4 is 44.6 Å². The van der Waals surface area contributed by atoms with Crippen molar-refractivity contribution < 1.29 is 0 Å². The zero-order valence-electron chi connectivity index (χ0n) is 30.7. The van der Waals surface area contributed by atoms with E-state index >= 15 is 0 Å². The fourth-order valence-corrected chi connectivity index (χ4v) is 10.2. The molecular weight excluding hydrogens is 703 g/mol. The predicted molar refractivity (Wildman–Crippen MR) is 229 cm³/mol. The third-order valence-corrected chi connectivity index (χ3v) is 12.9. The maximum absolute atomic E-state index is 5.27. The summed E-state index contributed by atoms with van der Waals surface area (Å²) in [7, 11) is 0. The number of hydrogen-bond acceptors (Lipinski definition) is 4. The van der Waals surface area contributed by atoms with E-state index in [4.69, 9.17) is 15.0 Å². The Bertz CT molecular complexity index is 3250. The average Bonchev–Trinajstić information content (AvgIpc) is 3.85. The summed E-state index contributed by atoms with van der Waals surface area (Å²) in [5.74, 6) is 1.95. The maximum Gasteiger partial charge on any atom is 0.164 e. The molecule has 12 rings (SSSR count). The normalized spacial score (nSPS) is 13.6. The molecule has 0 amide bonds. The predicted octanol–water partition coefficient (Wildman–Crippen LogP) is 12.7. The van der Waals surface area contributed by atoms with Gasteiger partial charge in [0.05, 0.1) is 16.7 Å². The largest absolute Gasteiger partial charge is 0.295 e. The monoisotopic (exact) mass is 735 g/mol. The van der Waals surface area contributed by atoms with Crippen LogP contribution in [0.3, 0.4) is 0 Å². The maximum atomic E-state index is 5.27. The van der Waals surface area contributed by atoms with Crippen LogP contribution in [0.2, 0.25) is 0 Å². The number of hydrogen-bond donors (Lipinski definition) is 0. The van der Waals surface area contributed by atoms with E-state index in [-0.39, 0.29) is 5.41 Å². The van der Waals surface area contributed by atoms with Crippen molar-refractivity contribution in [2.75, 3.05) is 0 Å². The number of para-hydroxylation sites is 3. The van der Waals surface area contributed by atoms with Crippen LogP contribution >= 0.6 is 11.8 Å². The van der Waals surface area contributed by atoms with E-state index in [9.17, 15) is 0 Å². The Morgan fingerprint density at radius 3 is 1.95 bits per heavy atom. The lowest BCUT2D eigenvalue weighted by Gasteiger charge is -2.21. The molecule has 0 atom stereocenters. The number of rotatable bonds is 4. The van der Waals surface area contributed by atoms with Crippen molar-refractivity contribution in [1.82, 2.24) is 24.1 Å². The van der Waals surface area contributed by atoms with Crippen molar-refractivity contribution in [2.24, 2.45) is 0 Å². The van der Waals surface area contributed by atoms with E-state index in [0.29, 0.717) is 17.5 Å². The molecule has 3 aromatic heterocycles. The summed E-state index contributed by atoms with van der Waals surface area (Å²) in [5, 5.41) is 3.69. The first-order valence-electron chi connectivity index (χ1n) is 19.0. The summed E-state index contributed by atoms with van der Waals surface area (Å²) < 4.78 is 4.89. The Morgan fingerprint density at radius 2 is 1.12 bits per heavy atom. The lowest BCUT2D eigenvalue weighted by atomic mass is 9.82. The highest BCUT2D eigenvalue weighted by Crippen LogP contribution is 2.51. The minimum absolute atomic E-state index is 0.138. The summed E-state index contributed by atoms with van der Waals surface area (Å²) in [4.78, 5) is 18.1. The fourth-order valence-electron chi connectivity index (χ4n) is 9.15. The molecule has 4 heterocycles. The molecule has 5 nitrogen and oxygen atoms in total. The summed E-state index contributed by atoms with van der Waals surface area (Å²) in [6.07, 6.45) is 0. The quantitative estimate of drug-likeness (QED) is 0.181. The van der Waals surface area contributed by atoms with Crippen LogP contribution in [-0.2, 0) is 5.41 Å². The van der Waals surface area contributed by atoms with Gasteiger partial charge >= 0.3 is 0 Å². The van der Waals surface area contributed by atoms with Crippen LogP contribution in [0.5, 0.6) is 0 Å². The molecule has 6 heteroatoms. The zero-order chi connectivity index (χ0) is 37.1. The van der Waals surface area contributed by atoms with E-state index in [1.807, 2.05) is 30.0 Å². The van der Waals surface area contributed by atoms with Crippen LogP contribution in [0.25, 0.3) is 89.5 Å². The third kappa shape index (κ3) is 4.42. The average molecular weight is 736 g/mol. The highest BCUT2D eigenvalue weighted by molar-refractivity contribution is 7.99. The molecular formula is C50H33N5S. The topological polar surface area (TPSA) is 48.5 Å². The molecule has 0 fully saturated rings. The second-order valence-corrected chi connectivity index (χ2v) is 16.3. The third-order valence-electron chi connectivity index (χ3n) is 11.8. The Hall–Kier alpha value is -6.76. The van der Waals surface area contributed by atoms with Gasteiger partial charge in [0.1, 0.15) is 5.65 Å². The highest BCUT2D eigenvalue weighted by atomic mass is 32.2. The van der Waals surface area contributed by atoms with Gasteiger partial charge in [0, 0.05) is 53.7 Å².